The first-order valence-electron chi connectivity index (χ1n) is 6.86. The minimum atomic E-state index is 0.627. The van der Waals surface area contributed by atoms with Gasteiger partial charge in [0.05, 0.1) is 0 Å². The van der Waals surface area contributed by atoms with E-state index in [2.05, 4.69) is 47.6 Å². The third-order valence-electron chi connectivity index (χ3n) is 3.44. The molecule has 1 N–H and O–H groups in total. The molecule has 1 aliphatic rings. The van der Waals surface area contributed by atoms with Crippen molar-refractivity contribution in [3.05, 3.63) is 35.2 Å². The molecule has 1 fully saturated rings. The van der Waals surface area contributed by atoms with E-state index >= 15 is 0 Å². The lowest BCUT2D eigenvalue weighted by atomic mass is 10.1. The van der Waals surface area contributed by atoms with Crippen molar-refractivity contribution in [1.82, 2.24) is 15.5 Å². The van der Waals surface area contributed by atoms with Gasteiger partial charge in [-0.05, 0) is 38.3 Å². The highest BCUT2D eigenvalue weighted by Gasteiger charge is 2.20. The molecule has 0 saturated heterocycles. The van der Waals surface area contributed by atoms with Crippen LogP contribution in [0.3, 0.4) is 0 Å². The Hall–Kier alpha value is -1.68. The highest BCUT2D eigenvalue weighted by Crippen LogP contribution is 2.23. The summed E-state index contributed by atoms with van der Waals surface area (Å²) < 4.78 is 5.75. The van der Waals surface area contributed by atoms with E-state index in [1.165, 1.54) is 18.4 Å². The van der Waals surface area contributed by atoms with Gasteiger partial charge in [0.15, 0.2) is 0 Å². The molecule has 4 nitrogen and oxygen atoms in total. The smallest absolute Gasteiger partial charge is 0.248 e. The zero-order chi connectivity index (χ0) is 13.2. The van der Waals surface area contributed by atoms with Gasteiger partial charge in [0, 0.05) is 24.6 Å². The van der Waals surface area contributed by atoms with Crippen LogP contribution in [0.1, 0.15) is 29.9 Å². The average molecular weight is 257 g/mol. The average Bonchev–Trinajstić information content (AvgIpc) is 3.10. The number of rotatable bonds is 5. The summed E-state index contributed by atoms with van der Waals surface area (Å²) in [5.74, 6) is 1.34. The quantitative estimate of drug-likeness (QED) is 0.894. The molecule has 0 radical (unpaired) electrons. The molecule has 1 aliphatic carbocycles. The number of aromatic nitrogens is 2. The Kier molecular flexibility index (Phi) is 3.34. The number of hydrogen-bond acceptors (Lipinski definition) is 4. The minimum Gasteiger partial charge on any atom is -0.421 e. The molecule has 0 unspecified atom stereocenters. The lowest BCUT2D eigenvalue weighted by Gasteiger charge is -2.02. The van der Waals surface area contributed by atoms with E-state index in [0.29, 0.717) is 11.8 Å². The summed E-state index contributed by atoms with van der Waals surface area (Å²) in [4.78, 5) is 0. The minimum absolute atomic E-state index is 0.627. The van der Waals surface area contributed by atoms with Gasteiger partial charge in [-0.3, -0.25) is 0 Å². The van der Waals surface area contributed by atoms with Crippen LogP contribution in [0.5, 0.6) is 0 Å². The second-order valence-corrected chi connectivity index (χ2v) is 5.30. The molecular formula is C15H19N3O. The van der Waals surface area contributed by atoms with E-state index in [0.717, 1.165) is 30.1 Å². The van der Waals surface area contributed by atoms with Crippen molar-refractivity contribution < 1.29 is 4.42 Å². The Morgan fingerprint density at radius 2 is 2.11 bits per heavy atom. The summed E-state index contributed by atoms with van der Waals surface area (Å²) >= 11 is 0. The van der Waals surface area contributed by atoms with Crippen LogP contribution in [0.4, 0.5) is 0 Å². The maximum atomic E-state index is 5.75. The zero-order valence-electron chi connectivity index (χ0n) is 11.4. The standard InChI is InChI=1S/C15H19N3O/c1-10-3-4-11(2)13(9-10)15-18-17-14(19-15)7-8-16-12-5-6-12/h3-4,9,12,16H,5-8H2,1-2H3. The van der Waals surface area contributed by atoms with Crippen molar-refractivity contribution in [3.63, 3.8) is 0 Å². The predicted molar refractivity (Wildman–Crippen MR) is 73.9 cm³/mol. The van der Waals surface area contributed by atoms with Crippen molar-refractivity contribution in [3.8, 4) is 11.5 Å². The summed E-state index contributed by atoms with van der Waals surface area (Å²) in [6.45, 7) is 5.05. The van der Waals surface area contributed by atoms with Crippen LogP contribution in [-0.2, 0) is 6.42 Å². The van der Waals surface area contributed by atoms with Crippen molar-refractivity contribution >= 4 is 0 Å². The second-order valence-electron chi connectivity index (χ2n) is 5.30. The first kappa shape index (κ1) is 12.4. The predicted octanol–water partition coefficient (Wildman–Crippen LogP) is 2.65. The van der Waals surface area contributed by atoms with Crippen molar-refractivity contribution in [2.45, 2.75) is 39.2 Å². The van der Waals surface area contributed by atoms with E-state index in [4.69, 9.17) is 4.42 Å². The molecule has 100 valence electrons. The zero-order valence-corrected chi connectivity index (χ0v) is 11.4. The van der Waals surface area contributed by atoms with E-state index in [1.54, 1.807) is 0 Å². The lowest BCUT2D eigenvalue weighted by molar-refractivity contribution is 0.494. The summed E-state index contributed by atoms with van der Waals surface area (Å²) in [6, 6.07) is 7.00. The highest BCUT2D eigenvalue weighted by molar-refractivity contribution is 5.59. The number of benzene rings is 1. The largest absolute Gasteiger partial charge is 0.421 e. The molecule has 4 heteroatoms. The number of nitrogens with zero attached hydrogens (tertiary/aromatic N) is 2. The topological polar surface area (TPSA) is 51.0 Å². The third-order valence-corrected chi connectivity index (χ3v) is 3.44. The monoisotopic (exact) mass is 257 g/mol. The third kappa shape index (κ3) is 3.01. The van der Waals surface area contributed by atoms with Crippen LogP contribution in [0.15, 0.2) is 22.6 Å². The Labute approximate surface area is 113 Å². The van der Waals surface area contributed by atoms with Crippen molar-refractivity contribution in [1.29, 1.82) is 0 Å². The molecule has 19 heavy (non-hydrogen) atoms. The summed E-state index contributed by atoms with van der Waals surface area (Å²) in [5.41, 5.74) is 3.40. The van der Waals surface area contributed by atoms with Crippen molar-refractivity contribution in [2.24, 2.45) is 0 Å². The van der Waals surface area contributed by atoms with E-state index in [9.17, 15) is 0 Å². The maximum Gasteiger partial charge on any atom is 0.248 e. The van der Waals surface area contributed by atoms with Crippen LogP contribution >= 0.6 is 0 Å². The Balaban J connectivity index is 1.70. The van der Waals surface area contributed by atoms with Crippen LogP contribution in [0.25, 0.3) is 11.5 Å². The van der Waals surface area contributed by atoms with Gasteiger partial charge in [0.1, 0.15) is 0 Å². The molecular weight excluding hydrogens is 238 g/mol. The van der Waals surface area contributed by atoms with Crippen LogP contribution in [0.2, 0.25) is 0 Å². The Morgan fingerprint density at radius 1 is 1.26 bits per heavy atom. The SMILES string of the molecule is Cc1ccc(C)c(-c2nnc(CCNC3CC3)o2)c1. The highest BCUT2D eigenvalue weighted by atomic mass is 16.4. The van der Waals surface area contributed by atoms with Gasteiger partial charge < -0.3 is 9.73 Å². The van der Waals surface area contributed by atoms with Gasteiger partial charge in [-0.1, -0.05) is 17.7 Å². The van der Waals surface area contributed by atoms with Crippen LogP contribution in [0, 0.1) is 13.8 Å². The number of nitrogens with one attached hydrogen (secondary N) is 1. The molecule has 0 aliphatic heterocycles. The number of aryl methyl sites for hydroxylation is 2. The molecule has 1 aromatic carbocycles. The fraction of sp³-hybridized carbons (Fsp3) is 0.467. The van der Waals surface area contributed by atoms with E-state index in [-0.39, 0.29) is 0 Å². The Morgan fingerprint density at radius 3 is 2.89 bits per heavy atom. The lowest BCUT2D eigenvalue weighted by Crippen LogP contribution is -2.19. The molecule has 2 aromatic rings. The Bertz CT molecular complexity index is 573. The first-order chi connectivity index (χ1) is 9.22. The molecule has 0 bridgehead atoms. The first-order valence-corrected chi connectivity index (χ1v) is 6.86. The fourth-order valence-corrected chi connectivity index (χ4v) is 2.10. The van der Waals surface area contributed by atoms with Crippen molar-refractivity contribution in [2.75, 3.05) is 6.54 Å². The fourth-order valence-electron chi connectivity index (χ4n) is 2.10. The van der Waals surface area contributed by atoms with E-state index < -0.39 is 0 Å². The van der Waals surface area contributed by atoms with Gasteiger partial charge in [0.2, 0.25) is 11.8 Å². The molecule has 0 spiro atoms. The summed E-state index contributed by atoms with van der Waals surface area (Å²) in [6.07, 6.45) is 3.41. The molecule has 0 atom stereocenters. The van der Waals surface area contributed by atoms with Gasteiger partial charge >= 0.3 is 0 Å². The normalized spacial score (nSPS) is 14.8. The molecule has 1 heterocycles. The molecule has 0 amide bonds. The number of hydrogen-bond donors (Lipinski definition) is 1. The second kappa shape index (κ2) is 5.13. The van der Waals surface area contributed by atoms with Crippen LogP contribution in [-0.4, -0.2) is 22.8 Å². The van der Waals surface area contributed by atoms with E-state index in [1.807, 2.05) is 0 Å². The molecule has 3 rings (SSSR count). The van der Waals surface area contributed by atoms with Gasteiger partial charge in [-0.15, -0.1) is 10.2 Å². The summed E-state index contributed by atoms with van der Waals surface area (Å²) in [5, 5.41) is 11.7. The maximum absolute atomic E-state index is 5.75. The molecule has 1 saturated carbocycles. The van der Waals surface area contributed by atoms with Gasteiger partial charge in [-0.25, -0.2) is 0 Å². The molecule has 1 aromatic heterocycles. The summed E-state index contributed by atoms with van der Waals surface area (Å²) in [7, 11) is 0. The van der Waals surface area contributed by atoms with Gasteiger partial charge in [-0.2, -0.15) is 0 Å². The van der Waals surface area contributed by atoms with Crippen LogP contribution < -0.4 is 5.32 Å². The van der Waals surface area contributed by atoms with Gasteiger partial charge in [0.25, 0.3) is 0 Å².